The van der Waals surface area contributed by atoms with E-state index in [-0.39, 0.29) is 30.0 Å². The maximum atomic E-state index is 12.7. The average molecular weight is 465 g/mol. The molecule has 0 bridgehead atoms. The lowest BCUT2D eigenvalue weighted by molar-refractivity contribution is -0.139. The minimum absolute atomic E-state index is 0.0523. The molecule has 1 aliphatic rings. The molecular weight excluding hydrogens is 416 g/mol. The summed E-state index contributed by atoms with van der Waals surface area (Å²) in [6.07, 6.45) is 19.0. The molecule has 190 valence electrons. The van der Waals surface area contributed by atoms with E-state index in [0.29, 0.717) is 6.42 Å². The second-order valence-electron chi connectivity index (χ2n) is 10.4. The van der Waals surface area contributed by atoms with E-state index in [1.165, 1.54) is 84.2 Å². The zero-order valence-corrected chi connectivity index (χ0v) is 21.7. The van der Waals surface area contributed by atoms with Crippen molar-refractivity contribution in [1.29, 1.82) is 0 Å². The minimum Gasteiger partial charge on any atom is -0.510 e. The van der Waals surface area contributed by atoms with Crippen molar-refractivity contribution in [1.82, 2.24) is 0 Å². The average Bonchev–Trinajstić information content (AvgIpc) is 2.75. The lowest BCUT2D eigenvalue weighted by Crippen LogP contribution is -2.40. The molecule has 1 N–H and O–H groups in total. The van der Waals surface area contributed by atoms with E-state index in [0.717, 1.165) is 12.8 Å². The summed E-state index contributed by atoms with van der Waals surface area (Å²) >= 11 is 0. The molecule has 1 rings (SSSR count). The molecule has 5 heteroatoms. The summed E-state index contributed by atoms with van der Waals surface area (Å²) in [5.41, 5.74) is -0.779. The predicted molar refractivity (Wildman–Crippen MR) is 133 cm³/mol. The molecular formula is C28H48O5. The molecule has 5 nitrogen and oxygen atoms in total. The summed E-state index contributed by atoms with van der Waals surface area (Å²) in [5.74, 6) is -2.89. The smallest absolute Gasteiger partial charge is 0.337 e. The monoisotopic (exact) mass is 464 g/mol. The second-order valence-corrected chi connectivity index (χ2v) is 10.4. The van der Waals surface area contributed by atoms with Gasteiger partial charge in [-0.05, 0) is 6.42 Å². The quantitative estimate of drug-likeness (QED) is 0.130. The SMILES string of the molecule is CCCCCCCCCCCCCCCCCC(=O)[C@@H]1C(=O)CC(C)(C)C(C(=O)OC)=C1O. The molecule has 0 radical (unpaired) electrons. The highest BCUT2D eigenvalue weighted by atomic mass is 16.5. The van der Waals surface area contributed by atoms with Crippen molar-refractivity contribution in [3.8, 4) is 0 Å². The molecule has 0 saturated heterocycles. The second kappa shape index (κ2) is 16.1. The Bertz CT molecular complexity index is 647. The number of Topliss-reactive ketones (excluding diaryl/α,β-unsaturated/α-hetero) is 2. The van der Waals surface area contributed by atoms with Crippen LogP contribution in [0.15, 0.2) is 11.3 Å². The third-order valence-corrected chi connectivity index (χ3v) is 6.88. The van der Waals surface area contributed by atoms with Crippen molar-refractivity contribution >= 4 is 17.5 Å². The lowest BCUT2D eigenvalue weighted by Gasteiger charge is -2.33. The van der Waals surface area contributed by atoms with Gasteiger partial charge in [0.15, 0.2) is 11.6 Å². The third kappa shape index (κ3) is 10.4. The van der Waals surface area contributed by atoms with Crippen molar-refractivity contribution in [2.45, 2.75) is 130 Å². The predicted octanol–water partition coefficient (Wildman–Crippen LogP) is 7.42. The fourth-order valence-corrected chi connectivity index (χ4v) is 4.90. The first-order valence-corrected chi connectivity index (χ1v) is 13.3. The van der Waals surface area contributed by atoms with Gasteiger partial charge in [0.05, 0.1) is 12.7 Å². The number of methoxy groups -OCH3 is 1. The van der Waals surface area contributed by atoms with E-state index in [1.807, 2.05) is 0 Å². The van der Waals surface area contributed by atoms with Gasteiger partial charge in [0.25, 0.3) is 0 Å². The maximum absolute atomic E-state index is 12.7. The number of unbranched alkanes of at least 4 members (excludes halogenated alkanes) is 14. The van der Waals surface area contributed by atoms with Crippen molar-refractivity contribution in [2.24, 2.45) is 11.3 Å². The van der Waals surface area contributed by atoms with Gasteiger partial charge in [-0.1, -0.05) is 111 Å². The molecule has 1 aliphatic carbocycles. The number of aliphatic hydroxyl groups excluding tert-OH is 1. The molecule has 0 aromatic carbocycles. The van der Waals surface area contributed by atoms with Crippen LogP contribution in [0, 0.1) is 11.3 Å². The van der Waals surface area contributed by atoms with Crippen LogP contribution in [0.1, 0.15) is 130 Å². The molecule has 0 spiro atoms. The Balaban J connectivity index is 2.20. The van der Waals surface area contributed by atoms with Gasteiger partial charge in [-0.25, -0.2) is 4.79 Å². The Morgan fingerprint density at radius 2 is 1.27 bits per heavy atom. The molecule has 0 amide bonds. The topological polar surface area (TPSA) is 80.7 Å². The Kier molecular flexibility index (Phi) is 14.3. The number of esters is 1. The van der Waals surface area contributed by atoms with Gasteiger partial charge in [0.2, 0.25) is 0 Å². The van der Waals surface area contributed by atoms with E-state index in [2.05, 4.69) is 6.92 Å². The van der Waals surface area contributed by atoms with Crippen molar-refractivity contribution in [3.05, 3.63) is 11.3 Å². The number of rotatable bonds is 18. The van der Waals surface area contributed by atoms with Crippen LogP contribution in [-0.4, -0.2) is 29.8 Å². The third-order valence-electron chi connectivity index (χ3n) is 6.88. The zero-order chi connectivity index (χ0) is 24.7. The first-order chi connectivity index (χ1) is 15.8. The highest BCUT2D eigenvalue weighted by Gasteiger charge is 2.46. The van der Waals surface area contributed by atoms with Gasteiger partial charge in [-0.15, -0.1) is 0 Å². The molecule has 0 unspecified atom stereocenters. The maximum Gasteiger partial charge on any atom is 0.337 e. The highest BCUT2D eigenvalue weighted by Crippen LogP contribution is 2.41. The lowest BCUT2D eigenvalue weighted by atomic mass is 9.69. The molecule has 1 atom stereocenters. The summed E-state index contributed by atoms with van der Waals surface area (Å²) < 4.78 is 4.77. The number of allylic oxidation sites excluding steroid dienone is 1. The fraction of sp³-hybridized carbons (Fsp3) is 0.821. The number of aliphatic hydroxyl groups is 1. The normalized spacial score (nSPS) is 17.9. The number of carbonyl (C=O) groups excluding carboxylic acids is 3. The Labute approximate surface area is 201 Å². The van der Waals surface area contributed by atoms with Gasteiger partial charge < -0.3 is 9.84 Å². The molecule has 0 saturated carbocycles. The van der Waals surface area contributed by atoms with Gasteiger partial charge >= 0.3 is 5.97 Å². The zero-order valence-electron chi connectivity index (χ0n) is 21.7. The van der Waals surface area contributed by atoms with Crippen LogP contribution in [0.5, 0.6) is 0 Å². The Hall–Kier alpha value is -1.65. The highest BCUT2D eigenvalue weighted by molar-refractivity contribution is 6.08. The van der Waals surface area contributed by atoms with Crippen molar-refractivity contribution < 1.29 is 24.2 Å². The first-order valence-electron chi connectivity index (χ1n) is 13.3. The molecule has 0 fully saturated rings. The summed E-state index contributed by atoms with van der Waals surface area (Å²) in [4.78, 5) is 37.3. The van der Waals surface area contributed by atoms with Gasteiger partial charge in [-0.3, -0.25) is 9.59 Å². The minimum atomic E-state index is -1.21. The van der Waals surface area contributed by atoms with Crippen LogP contribution in [0.2, 0.25) is 0 Å². The van der Waals surface area contributed by atoms with Gasteiger partial charge in [0.1, 0.15) is 11.7 Å². The number of hydrogen-bond donors (Lipinski definition) is 1. The number of ketones is 2. The van der Waals surface area contributed by atoms with Crippen molar-refractivity contribution in [3.63, 3.8) is 0 Å². The molecule has 0 aliphatic heterocycles. The van der Waals surface area contributed by atoms with E-state index in [4.69, 9.17) is 4.74 Å². The molecule has 0 heterocycles. The van der Waals surface area contributed by atoms with Crippen LogP contribution >= 0.6 is 0 Å². The Morgan fingerprint density at radius 3 is 1.70 bits per heavy atom. The largest absolute Gasteiger partial charge is 0.510 e. The standard InChI is InChI=1S/C28H48O5/c1-5-6-7-8-9-10-11-12-13-14-15-16-17-18-19-20-22(29)24-23(30)21-28(2,3)25(26(24)31)27(32)33-4/h24,31H,5-21H2,1-4H3/t24-/m1/s1. The van der Waals surface area contributed by atoms with Gasteiger partial charge in [0, 0.05) is 18.3 Å². The molecule has 33 heavy (non-hydrogen) atoms. The number of ether oxygens (including phenoxy) is 1. The van der Waals surface area contributed by atoms with E-state index in [1.54, 1.807) is 13.8 Å². The van der Waals surface area contributed by atoms with Crippen LogP contribution in [-0.2, 0) is 19.1 Å². The summed E-state index contributed by atoms with van der Waals surface area (Å²) in [6.45, 7) is 5.68. The fourth-order valence-electron chi connectivity index (χ4n) is 4.90. The summed E-state index contributed by atoms with van der Waals surface area (Å²) in [5, 5.41) is 10.6. The number of hydrogen-bond acceptors (Lipinski definition) is 5. The Morgan fingerprint density at radius 1 is 0.848 bits per heavy atom. The van der Waals surface area contributed by atoms with E-state index >= 15 is 0 Å². The van der Waals surface area contributed by atoms with E-state index < -0.39 is 23.1 Å². The van der Waals surface area contributed by atoms with Crippen LogP contribution in [0.3, 0.4) is 0 Å². The van der Waals surface area contributed by atoms with Crippen LogP contribution in [0.4, 0.5) is 0 Å². The first kappa shape index (κ1) is 29.4. The van der Waals surface area contributed by atoms with Crippen LogP contribution in [0.25, 0.3) is 0 Å². The summed E-state index contributed by atoms with van der Waals surface area (Å²) in [7, 11) is 1.24. The van der Waals surface area contributed by atoms with Crippen molar-refractivity contribution in [2.75, 3.05) is 7.11 Å². The van der Waals surface area contributed by atoms with Gasteiger partial charge in [-0.2, -0.15) is 0 Å². The molecule has 0 aromatic rings. The molecule has 0 aromatic heterocycles. The number of carbonyl (C=O) groups is 3. The van der Waals surface area contributed by atoms with Crippen LogP contribution < -0.4 is 0 Å². The summed E-state index contributed by atoms with van der Waals surface area (Å²) in [6, 6.07) is 0. The van der Waals surface area contributed by atoms with E-state index in [9.17, 15) is 19.5 Å².